The number of aromatic nitrogens is 2. The minimum atomic E-state index is -0.277. The zero-order valence-corrected chi connectivity index (χ0v) is 17.0. The first kappa shape index (κ1) is 20.3. The lowest BCUT2D eigenvalue weighted by atomic mass is 9.92. The largest absolute Gasteiger partial charge is 0.496 e. The van der Waals surface area contributed by atoms with Gasteiger partial charge in [0.15, 0.2) is 5.82 Å². The minimum Gasteiger partial charge on any atom is -0.496 e. The van der Waals surface area contributed by atoms with Crippen LogP contribution in [0.2, 0.25) is 0 Å². The first-order valence-electron chi connectivity index (χ1n) is 10.2. The van der Waals surface area contributed by atoms with E-state index in [1.54, 1.807) is 12.0 Å². The van der Waals surface area contributed by atoms with Crippen LogP contribution in [0.5, 0.6) is 5.75 Å². The Morgan fingerprint density at radius 2 is 2.27 bits per heavy atom. The molecule has 3 heterocycles. The molecular formula is C22H26N4O4. The highest BCUT2D eigenvalue weighted by molar-refractivity contribution is 5.94. The molecule has 0 bridgehead atoms. The van der Waals surface area contributed by atoms with E-state index in [9.17, 15) is 9.59 Å². The number of rotatable bonds is 7. The van der Waals surface area contributed by atoms with Crippen LogP contribution in [0.4, 0.5) is 5.82 Å². The predicted molar refractivity (Wildman–Crippen MR) is 110 cm³/mol. The Morgan fingerprint density at radius 1 is 1.37 bits per heavy atom. The Kier molecular flexibility index (Phi) is 6.23. The summed E-state index contributed by atoms with van der Waals surface area (Å²) in [5.41, 5.74) is 2.26. The molecule has 2 aliphatic heterocycles. The smallest absolute Gasteiger partial charge is 0.245 e. The average Bonchev–Trinajstić information content (AvgIpc) is 3.39. The SMILES string of the molecule is COc1ccc([C@@H]2CC(=O)N(CC(=O)Nc3cnccn3)C2)cc1CC1CCOC1. The van der Waals surface area contributed by atoms with Gasteiger partial charge in [0.1, 0.15) is 5.75 Å². The monoisotopic (exact) mass is 410 g/mol. The van der Waals surface area contributed by atoms with Gasteiger partial charge < -0.3 is 19.7 Å². The summed E-state index contributed by atoms with van der Waals surface area (Å²) in [6, 6.07) is 6.15. The summed E-state index contributed by atoms with van der Waals surface area (Å²) in [5.74, 6) is 1.51. The Balaban J connectivity index is 1.41. The number of benzene rings is 1. The van der Waals surface area contributed by atoms with Crippen molar-refractivity contribution in [2.24, 2.45) is 5.92 Å². The van der Waals surface area contributed by atoms with Gasteiger partial charge in [-0.1, -0.05) is 12.1 Å². The number of carbonyl (C=O) groups is 2. The normalized spacial score (nSPS) is 21.1. The molecule has 1 N–H and O–H groups in total. The van der Waals surface area contributed by atoms with E-state index >= 15 is 0 Å². The number of likely N-dealkylation sites (tertiary alicyclic amines) is 1. The lowest BCUT2D eigenvalue weighted by molar-refractivity contribution is -0.131. The van der Waals surface area contributed by atoms with Gasteiger partial charge in [0.2, 0.25) is 11.8 Å². The number of amides is 2. The van der Waals surface area contributed by atoms with E-state index in [2.05, 4.69) is 21.4 Å². The van der Waals surface area contributed by atoms with Crippen LogP contribution in [0.15, 0.2) is 36.8 Å². The van der Waals surface area contributed by atoms with Gasteiger partial charge in [-0.3, -0.25) is 14.6 Å². The highest BCUT2D eigenvalue weighted by Gasteiger charge is 2.32. The van der Waals surface area contributed by atoms with Gasteiger partial charge in [-0.2, -0.15) is 0 Å². The van der Waals surface area contributed by atoms with Crippen LogP contribution >= 0.6 is 0 Å². The molecule has 2 amide bonds. The second-order valence-electron chi connectivity index (χ2n) is 7.82. The van der Waals surface area contributed by atoms with Gasteiger partial charge in [-0.05, 0) is 36.0 Å². The molecule has 4 rings (SSSR count). The van der Waals surface area contributed by atoms with Crippen molar-refractivity contribution in [3.63, 3.8) is 0 Å². The third-order valence-electron chi connectivity index (χ3n) is 5.69. The van der Waals surface area contributed by atoms with Crippen molar-refractivity contribution in [2.75, 3.05) is 38.7 Å². The van der Waals surface area contributed by atoms with E-state index in [4.69, 9.17) is 9.47 Å². The fraction of sp³-hybridized carbons (Fsp3) is 0.455. The lowest BCUT2D eigenvalue weighted by Crippen LogP contribution is -2.34. The van der Waals surface area contributed by atoms with E-state index in [-0.39, 0.29) is 24.3 Å². The van der Waals surface area contributed by atoms with Gasteiger partial charge in [0.05, 0.1) is 19.9 Å². The molecular weight excluding hydrogens is 384 g/mol. The van der Waals surface area contributed by atoms with Crippen LogP contribution in [0.3, 0.4) is 0 Å². The molecule has 30 heavy (non-hydrogen) atoms. The number of hydrogen-bond acceptors (Lipinski definition) is 6. The van der Waals surface area contributed by atoms with Crippen LogP contribution in [0, 0.1) is 5.92 Å². The summed E-state index contributed by atoms with van der Waals surface area (Å²) in [6.45, 7) is 2.12. The van der Waals surface area contributed by atoms with Crippen LogP contribution in [-0.4, -0.2) is 60.1 Å². The zero-order chi connectivity index (χ0) is 20.9. The Hall–Kier alpha value is -3.00. The number of ether oxygens (including phenoxy) is 2. The van der Waals surface area contributed by atoms with Crippen molar-refractivity contribution in [3.05, 3.63) is 47.9 Å². The summed E-state index contributed by atoms with van der Waals surface area (Å²) in [6.07, 6.45) is 6.88. The molecule has 158 valence electrons. The van der Waals surface area contributed by atoms with Gasteiger partial charge in [0, 0.05) is 44.5 Å². The van der Waals surface area contributed by atoms with Crippen molar-refractivity contribution in [3.8, 4) is 5.75 Å². The van der Waals surface area contributed by atoms with Crippen molar-refractivity contribution < 1.29 is 19.1 Å². The third-order valence-corrected chi connectivity index (χ3v) is 5.69. The number of hydrogen-bond donors (Lipinski definition) is 1. The summed E-state index contributed by atoms with van der Waals surface area (Å²) in [4.78, 5) is 34.3. The summed E-state index contributed by atoms with van der Waals surface area (Å²) >= 11 is 0. The van der Waals surface area contributed by atoms with Gasteiger partial charge in [0.25, 0.3) is 0 Å². The molecule has 2 saturated heterocycles. The first-order chi connectivity index (χ1) is 14.6. The second kappa shape index (κ2) is 9.21. The zero-order valence-electron chi connectivity index (χ0n) is 17.0. The fourth-order valence-electron chi connectivity index (χ4n) is 4.13. The van der Waals surface area contributed by atoms with E-state index in [0.717, 1.165) is 42.9 Å². The van der Waals surface area contributed by atoms with Crippen molar-refractivity contribution in [2.45, 2.75) is 25.2 Å². The van der Waals surface area contributed by atoms with Crippen LogP contribution in [0.25, 0.3) is 0 Å². The molecule has 1 unspecified atom stereocenters. The van der Waals surface area contributed by atoms with E-state index < -0.39 is 0 Å². The molecule has 2 aliphatic rings. The molecule has 0 spiro atoms. The second-order valence-corrected chi connectivity index (χ2v) is 7.82. The van der Waals surface area contributed by atoms with Crippen molar-refractivity contribution in [1.29, 1.82) is 0 Å². The summed E-state index contributed by atoms with van der Waals surface area (Å²) < 4.78 is 11.0. The molecule has 0 radical (unpaired) electrons. The Labute approximate surface area is 175 Å². The van der Waals surface area contributed by atoms with E-state index in [0.29, 0.717) is 24.7 Å². The number of carbonyl (C=O) groups excluding carboxylic acids is 2. The average molecular weight is 410 g/mol. The molecule has 8 nitrogen and oxygen atoms in total. The van der Waals surface area contributed by atoms with Crippen LogP contribution in [-0.2, 0) is 20.7 Å². The summed E-state index contributed by atoms with van der Waals surface area (Å²) in [5, 5.41) is 2.67. The van der Waals surface area contributed by atoms with Gasteiger partial charge >= 0.3 is 0 Å². The number of methoxy groups -OCH3 is 1. The minimum absolute atomic E-state index is 0.00827. The molecule has 2 fully saturated rings. The maximum atomic E-state index is 12.5. The maximum absolute atomic E-state index is 12.5. The molecule has 0 aliphatic carbocycles. The quantitative estimate of drug-likeness (QED) is 0.751. The molecule has 0 saturated carbocycles. The third kappa shape index (κ3) is 4.76. The molecule has 1 aromatic heterocycles. The van der Waals surface area contributed by atoms with E-state index in [1.807, 2.05) is 12.1 Å². The van der Waals surface area contributed by atoms with Gasteiger partial charge in [-0.15, -0.1) is 0 Å². The fourth-order valence-corrected chi connectivity index (χ4v) is 4.13. The lowest BCUT2D eigenvalue weighted by Gasteiger charge is -2.18. The number of anilines is 1. The predicted octanol–water partition coefficient (Wildman–Crippen LogP) is 2.02. The molecule has 8 heteroatoms. The molecule has 2 aromatic rings. The van der Waals surface area contributed by atoms with Crippen molar-refractivity contribution >= 4 is 17.6 Å². The number of nitrogens with zero attached hydrogens (tertiary/aromatic N) is 3. The van der Waals surface area contributed by atoms with Crippen LogP contribution < -0.4 is 10.1 Å². The van der Waals surface area contributed by atoms with Crippen LogP contribution in [0.1, 0.15) is 29.9 Å². The Morgan fingerprint density at radius 3 is 3.00 bits per heavy atom. The number of nitrogens with one attached hydrogen (secondary N) is 1. The summed E-state index contributed by atoms with van der Waals surface area (Å²) in [7, 11) is 1.68. The highest BCUT2D eigenvalue weighted by Crippen LogP contribution is 2.33. The maximum Gasteiger partial charge on any atom is 0.245 e. The topological polar surface area (TPSA) is 93.7 Å². The molecule has 1 aromatic carbocycles. The van der Waals surface area contributed by atoms with Crippen molar-refractivity contribution in [1.82, 2.24) is 14.9 Å². The highest BCUT2D eigenvalue weighted by atomic mass is 16.5. The standard InChI is InChI=1S/C22H26N4O4/c1-29-19-3-2-16(9-17(19)8-15-4-7-30-14-15)18-10-22(28)26(12-18)13-21(27)25-20-11-23-5-6-24-20/h2-3,5-6,9,11,15,18H,4,7-8,10,12-14H2,1H3,(H,24,25,27)/t15?,18-/m1/s1. The van der Waals surface area contributed by atoms with E-state index in [1.165, 1.54) is 18.6 Å². The Bertz CT molecular complexity index is 899. The first-order valence-corrected chi connectivity index (χ1v) is 10.2. The molecule has 2 atom stereocenters. The van der Waals surface area contributed by atoms with Gasteiger partial charge in [-0.25, -0.2) is 4.98 Å².